The van der Waals surface area contributed by atoms with Gasteiger partial charge in [-0.2, -0.15) is 0 Å². The molecule has 2 heterocycles. The van der Waals surface area contributed by atoms with E-state index in [9.17, 15) is 0 Å². The Morgan fingerprint density at radius 3 is 1.29 bits per heavy atom. The highest BCUT2D eigenvalue weighted by Gasteiger charge is 2.50. The zero-order valence-corrected chi connectivity index (χ0v) is 46.5. The molecule has 0 aromatic heterocycles. The number of hydrogen-bond donors (Lipinski definition) is 0. The van der Waals surface area contributed by atoms with Gasteiger partial charge in [-0.25, -0.2) is 0 Å². The van der Waals surface area contributed by atoms with Crippen molar-refractivity contribution >= 4 is 57.2 Å². The fourth-order valence-electron chi connectivity index (χ4n) is 15.1. The summed E-state index contributed by atoms with van der Waals surface area (Å²) < 4.78 is 0. The lowest BCUT2D eigenvalue weighted by Gasteiger charge is -2.48. The Balaban J connectivity index is 1.30. The third kappa shape index (κ3) is 6.78. The largest absolute Gasteiger partial charge is 0.311 e. The SMILES string of the molecule is Cc1cc2c(cc1N1c3ccc(C(C)(C)c4ccccc4)cc3B3c4cc5c(cc4N(c4cc6c(cc4C)C(C)(C)CC6(C)C)c4cc(C(C)(C)C)cc1c43)C(C)(C)CCC5(C)C)C(C)(C)CC2(C)C. The molecule has 0 amide bonds. The van der Waals surface area contributed by atoms with Crippen molar-refractivity contribution in [2.45, 2.75) is 201 Å². The van der Waals surface area contributed by atoms with Crippen LogP contribution in [0.15, 0.2) is 97.1 Å². The Bertz CT molecular complexity index is 3200. The number of nitrogens with zero attached hydrogens (tertiary/aromatic N) is 2. The van der Waals surface area contributed by atoms with Gasteiger partial charge in [-0.15, -0.1) is 0 Å². The van der Waals surface area contributed by atoms with Gasteiger partial charge in [0.1, 0.15) is 0 Å². The molecular weight excluding hydrogens is 844 g/mol. The van der Waals surface area contributed by atoms with Crippen LogP contribution >= 0.6 is 0 Å². The molecule has 3 heteroatoms. The molecule has 0 radical (unpaired) electrons. The van der Waals surface area contributed by atoms with E-state index in [0.29, 0.717) is 0 Å². The fraction of sp³-hybridized carbons (Fsp3) is 0.463. The summed E-state index contributed by atoms with van der Waals surface area (Å²) in [5.74, 6) is 0. The highest BCUT2D eigenvalue weighted by Crippen LogP contribution is 2.57. The van der Waals surface area contributed by atoms with E-state index in [1.165, 1.54) is 125 Å². The summed E-state index contributed by atoms with van der Waals surface area (Å²) >= 11 is 0. The summed E-state index contributed by atoms with van der Waals surface area (Å²) in [5.41, 5.74) is 28.1. The number of benzene rings is 6. The van der Waals surface area contributed by atoms with Gasteiger partial charge >= 0.3 is 0 Å². The normalized spacial score (nSPS) is 20.3. The quantitative estimate of drug-likeness (QED) is 0.162. The molecule has 0 bridgehead atoms. The first-order chi connectivity index (χ1) is 32.4. The van der Waals surface area contributed by atoms with E-state index in [-0.39, 0.29) is 50.0 Å². The Morgan fingerprint density at radius 1 is 0.386 bits per heavy atom. The Labute approximate surface area is 423 Å². The smallest absolute Gasteiger partial charge is 0.252 e. The van der Waals surface area contributed by atoms with Crippen LogP contribution in [0.5, 0.6) is 0 Å². The molecule has 0 saturated carbocycles. The van der Waals surface area contributed by atoms with Crippen LogP contribution in [0.3, 0.4) is 0 Å². The van der Waals surface area contributed by atoms with E-state index in [1.54, 1.807) is 0 Å². The van der Waals surface area contributed by atoms with Crippen LogP contribution in [0.4, 0.5) is 34.1 Å². The number of aryl methyl sites for hydroxylation is 2. The second-order valence-electron chi connectivity index (χ2n) is 28.5. The average Bonchev–Trinajstić information content (AvgIpc) is 3.56. The monoisotopic (exact) mass is 925 g/mol. The summed E-state index contributed by atoms with van der Waals surface area (Å²) in [4.78, 5) is 5.50. The van der Waals surface area contributed by atoms with Crippen molar-refractivity contribution in [1.29, 1.82) is 0 Å². The van der Waals surface area contributed by atoms with E-state index in [0.717, 1.165) is 12.8 Å². The maximum Gasteiger partial charge on any atom is 0.252 e. The zero-order chi connectivity index (χ0) is 50.4. The number of hydrogen-bond acceptors (Lipinski definition) is 2. The Kier molecular flexibility index (Phi) is 9.85. The predicted molar refractivity (Wildman–Crippen MR) is 304 cm³/mol. The molecule has 0 unspecified atom stereocenters. The summed E-state index contributed by atoms with van der Waals surface area (Å²) in [6, 6.07) is 39.8. The number of rotatable bonds is 4. The highest BCUT2D eigenvalue weighted by molar-refractivity contribution is 7.00. The van der Waals surface area contributed by atoms with Crippen LogP contribution in [-0.2, 0) is 43.3 Å². The van der Waals surface area contributed by atoms with Crippen molar-refractivity contribution < 1.29 is 0 Å². The molecule has 3 aliphatic carbocycles. The average molecular weight is 925 g/mol. The third-order valence-electron chi connectivity index (χ3n) is 19.0. The van der Waals surface area contributed by atoms with Gasteiger partial charge < -0.3 is 9.80 Å². The molecule has 0 spiro atoms. The van der Waals surface area contributed by atoms with Gasteiger partial charge in [0.15, 0.2) is 0 Å². The molecule has 5 aliphatic rings. The van der Waals surface area contributed by atoms with Gasteiger partial charge in [0.25, 0.3) is 6.71 Å². The second-order valence-corrected chi connectivity index (χ2v) is 28.5. The minimum atomic E-state index is -0.215. The molecule has 70 heavy (non-hydrogen) atoms. The molecule has 0 N–H and O–H groups in total. The van der Waals surface area contributed by atoms with Crippen LogP contribution in [0.1, 0.15) is 205 Å². The van der Waals surface area contributed by atoms with Crippen molar-refractivity contribution in [3.05, 3.63) is 158 Å². The van der Waals surface area contributed by atoms with Gasteiger partial charge in [0.2, 0.25) is 0 Å². The van der Waals surface area contributed by atoms with Gasteiger partial charge in [-0.3, -0.25) is 0 Å². The zero-order valence-electron chi connectivity index (χ0n) is 46.5. The first kappa shape index (κ1) is 47.3. The summed E-state index contributed by atoms with van der Waals surface area (Å²) in [7, 11) is 0. The van der Waals surface area contributed by atoms with Crippen LogP contribution in [-0.4, -0.2) is 6.71 Å². The van der Waals surface area contributed by atoms with E-state index in [1.807, 2.05) is 0 Å². The highest BCUT2D eigenvalue weighted by atomic mass is 15.2. The maximum absolute atomic E-state index is 2.77. The second kappa shape index (κ2) is 14.6. The number of anilines is 6. The van der Waals surface area contributed by atoms with Gasteiger partial charge in [-0.1, -0.05) is 178 Å². The van der Waals surface area contributed by atoms with Crippen LogP contribution in [0, 0.1) is 13.8 Å². The number of fused-ring (bicyclic) bond motifs is 7. The standard InChI is InChI=1S/C67H81BN2/c1-40-29-45-49(65(14,15)38-63(45,10)11)35-54(40)69-53-26-25-43(67(18,19)42-23-21-20-22-24-42)31-51(53)68-52-34-47-48(62(8,9)28-27-61(47,6)7)37-56(52)70(58-33-44(60(3,4)5)32-57(69)59(58)68)55-36-50-46(30-41(55)2)64(12,13)39-66(50,16)17/h20-26,29-37H,27-28,38-39H2,1-19H3. The summed E-state index contributed by atoms with van der Waals surface area (Å²) in [5, 5.41) is 0. The first-order valence-corrected chi connectivity index (χ1v) is 26.8. The lowest BCUT2D eigenvalue weighted by molar-refractivity contribution is 0.332. The molecule has 0 saturated heterocycles. The molecule has 2 aliphatic heterocycles. The fourth-order valence-corrected chi connectivity index (χ4v) is 15.1. The van der Waals surface area contributed by atoms with Gasteiger partial charge in [0.05, 0.1) is 0 Å². The van der Waals surface area contributed by atoms with Crippen molar-refractivity contribution in [1.82, 2.24) is 0 Å². The Hall–Kier alpha value is -5.02. The van der Waals surface area contributed by atoms with Crippen molar-refractivity contribution in [2.24, 2.45) is 0 Å². The summed E-state index contributed by atoms with van der Waals surface area (Å²) in [6.45, 7) is 46.6. The van der Waals surface area contributed by atoms with Gasteiger partial charge in [-0.05, 0) is 191 Å². The molecule has 11 rings (SSSR count). The van der Waals surface area contributed by atoms with Crippen LogP contribution in [0.25, 0.3) is 0 Å². The molecule has 6 aromatic rings. The lowest BCUT2D eigenvalue weighted by atomic mass is 9.32. The van der Waals surface area contributed by atoms with Crippen LogP contribution < -0.4 is 26.2 Å². The molecule has 0 atom stereocenters. The van der Waals surface area contributed by atoms with E-state index >= 15 is 0 Å². The van der Waals surface area contributed by atoms with E-state index in [4.69, 9.17) is 0 Å². The van der Waals surface area contributed by atoms with Crippen molar-refractivity contribution in [3.8, 4) is 0 Å². The minimum absolute atomic E-state index is 0.0180. The van der Waals surface area contributed by atoms with Crippen molar-refractivity contribution in [3.63, 3.8) is 0 Å². The van der Waals surface area contributed by atoms with Gasteiger partial charge in [0, 0.05) is 39.5 Å². The summed E-state index contributed by atoms with van der Waals surface area (Å²) in [6.07, 6.45) is 4.64. The lowest BCUT2D eigenvalue weighted by Crippen LogP contribution is -2.62. The topological polar surface area (TPSA) is 6.48 Å². The molecule has 6 aromatic carbocycles. The molecule has 362 valence electrons. The third-order valence-corrected chi connectivity index (χ3v) is 19.0. The maximum atomic E-state index is 2.77. The first-order valence-electron chi connectivity index (χ1n) is 26.8. The molecular formula is C67H81BN2. The van der Waals surface area contributed by atoms with E-state index < -0.39 is 0 Å². The van der Waals surface area contributed by atoms with E-state index in [2.05, 4.69) is 238 Å². The molecule has 0 fully saturated rings. The minimum Gasteiger partial charge on any atom is -0.311 e. The Morgan fingerprint density at radius 2 is 0.800 bits per heavy atom. The van der Waals surface area contributed by atoms with Crippen LogP contribution in [0.2, 0.25) is 0 Å². The predicted octanol–water partition coefficient (Wildman–Crippen LogP) is 16.3. The molecule has 2 nitrogen and oxygen atoms in total. The van der Waals surface area contributed by atoms with Crippen molar-refractivity contribution in [2.75, 3.05) is 9.80 Å².